The summed E-state index contributed by atoms with van der Waals surface area (Å²) in [6.07, 6.45) is 5.35. The van der Waals surface area contributed by atoms with Crippen molar-refractivity contribution in [3.05, 3.63) is 35.4 Å². The van der Waals surface area contributed by atoms with Crippen LogP contribution in [0.15, 0.2) is 29.9 Å². The van der Waals surface area contributed by atoms with Gasteiger partial charge in [0.2, 0.25) is 11.8 Å². The summed E-state index contributed by atoms with van der Waals surface area (Å²) < 4.78 is 10.5. The van der Waals surface area contributed by atoms with Gasteiger partial charge in [0.1, 0.15) is 0 Å². The second-order valence-corrected chi connectivity index (χ2v) is 4.62. The molecule has 1 unspecified atom stereocenters. The van der Waals surface area contributed by atoms with Crippen LogP contribution in [0.5, 0.6) is 11.8 Å². The van der Waals surface area contributed by atoms with E-state index in [1.165, 1.54) is 11.1 Å². The maximum atomic E-state index is 5.35. The van der Waals surface area contributed by atoms with Crippen molar-refractivity contribution in [2.45, 2.75) is 20.3 Å². The van der Waals surface area contributed by atoms with E-state index in [0.29, 0.717) is 17.7 Å². The van der Waals surface area contributed by atoms with Crippen molar-refractivity contribution < 1.29 is 9.47 Å². The van der Waals surface area contributed by atoms with Crippen molar-refractivity contribution in [1.82, 2.24) is 4.98 Å². The van der Waals surface area contributed by atoms with E-state index in [1.807, 2.05) is 12.1 Å². The van der Waals surface area contributed by atoms with Gasteiger partial charge >= 0.3 is 0 Å². The highest BCUT2D eigenvalue weighted by atomic mass is 16.5. The monoisotopic (exact) mass is 245 g/mol. The van der Waals surface area contributed by atoms with Crippen molar-refractivity contribution in [3.63, 3.8) is 0 Å². The van der Waals surface area contributed by atoms with Gasteiger partial charge in [-0.25, -0.2) is 0 Å². The fourth-order valence-corrected chi connectivity index (χ4v) is 2.09. The standard InChI is InChI=1S/C15H19NO2/c1-10-5-6-12(9-11(10)2)13-7-8-14(17-3)16-15(13)18-4/h5-8,11H,9H2,1-4H3. The van der Waals surface area contributed by atoms with E-state index in [4.69, 9.17) is 9.47 Å². The summed E-state index contributed by atoms with van der Waals surface area (Å²) in [5.41, 5.74) is 3.73. The third kappa shape index (κ3) is 2.40. The van der Waals surface area contributed by atoms with Crippen LogP contribution in [0.2, 0.25) is 0 Å². The third-order valence-corrected chi connectivity index (χ3v) is 3.43. The zero-order valence-electron chi connectivity index (χ0n) is 11.4. The van der Waals surface area contributed by atoms with E-state index in [1.54, 1.807) is 14.2 Å². The van der Waals surface area contributed by atoms with E-state index in [9.17, 15) is 0 Å². The number of allylic oxidation sites excluding steroid dienone is 4. The van der Waals surface area contributed by atoms with Crippen LogP contribution in [-0.2, 0) is 0 Å². The van der Waals surface area contributed by atoms with Gasteiger partial charge in [-0.3, -0.25) is 0 Å². The summed E-state index contributed by atoms with van der Waals surface area (Å²) in [5, 5.41) is 0. The van der Waals surface area contributed by atoms with Gasteiger partial charge in [-0.2, -0.15) is 4.98 Å². The number of nitrogens with zero attached hydrogens (tertiary/aromatic N) is 1. The molecule has 1 aromatic rings. The molecule has 0 amide bonds. The topological polar surface area (TPSA) is 31.4 Å². The zero-order chi connectivity index (χ0) is 13.1. The Morgan fingerprint density at radius 2 is 1.94 bits per heavy atom. The Bertz CT molecular complexity index is 503. The lowest BCUT2D eigenvalue weighted by Gasteiger charge is -2.20. The lowest BCUT2D eigenvalue weighted by molar-refractivity contribution is 0.363. The number of rotatable bonds is 3. The van der Waals surface area contributed by atoms with Gasteiger partial charge in [-0.1, -0.05) is 24.6 Å². The first kappa shape index (κ1) is 12.7. The first-order chi connectivity index (χ1) is 8.65. The summed E-state index contributed by atoms with van der Waals surface area (Å²) in [5.74, 6) is 1.77. The van der Waals surface area contributed by atoms with Crippen LogP contribution >= 0.6 is 0 Å². The van der Waals surface area contributed by atoms with Crippen LogP contribution in [-0.4, -0.2) is 19.2 Å². The molecule has 3 heteroatoms. The van der Waals surface area contributed by atoms with Gasteiger partial charge in [0.15, 0.2) is 0 Å². The highest BCUT2D eigenvalue weighted by Gasteiger charge is 2.17. The van der Waals surface area contributed by atoms with Crippen LogP contribution in [0, 0.1) is 5.92 Å². The van der Waals surface area contributed by atoms with Crippen molar-refractivity contribution in [3.8, 4) is 11.8 Å². The van der Waals surface area contributed by atoms with Crippen LogP contribution in [0.3, 0.4) is 0 Å². The molecule has 1 heterocycles. The van der Waals surface area contributed by atoms with E-state index >= 15 is 0 Å². The smallest absolute Gasteiger partial charge is 0.224 e. The molecular weight excluding hydrogens is 226 g/mol. The summed E-state index contributed by atoms with van der Waals surface area (Å²) in [6.45, 7) is 4.41. The average molecular weight is 245 g/mol. The number of pyridine rings is 1. The number of ether oxygens (including phenoxy) is 2. The average Bonchev–Trinajstić information content (AvgIpc) is 2.41. The molecule has 0 saturated heterocycles. The first-order valence-electron chi connectivity index (χ1n) is 6.12. The number of hydrogen-bond donors (Lipinski definition) is 0. The summed E-state index contributed by atoms with van der Waals surface area (Å²) in [7, 11) is 3.24. The minimum absolute atomic E-state index is 0.566. The van der Waals surface area contributed by atoms with Gasteiger partial charge < -0.3 is 9.47 Å². The Labute approximate surface area is 108 Å². The van der Waals surface area contributed by atoms with Crippen molar-refractivity contribution >= 4 is 5.57 Å². The third-order valence-electron chi connectivity index (χ3n) is 3.43. The van der Waals surface area contributed by atoms with Crippen LogP contribution in [0.25, 0.3) is 5.57 Å². The fraction of sp³-hybridized carbons (Fsp3) is 0.400. The number of aromatic nitrogens is 1. The molecule has 0 aromatic carbocycles. The van der Waals surface area contributed by atoms with E-state index < -0.39 is 0 Å². The predicted molar refractivity (Wildman–Crippen MR) is 72.9 cm³/mol. The lowest BCUT2D eigenvalue weighted by atomic mass is 9.86. The quantitative estimate of drug-likeness (QED) is 0.817. The molecule has 0 N–H and O–H groups in total. The molecule has 0 radical (unpaired) electrons. The molecule has 0 fully saturated rings. The molecule has 3 nitrogen and oxygen atoms in total. The largest absolute Gasteiger partial charge is 0.481 e. The normalized spacial score (nSPS) is 19.0. The van der Waals surface area contributed by atoms with E-state index in [0.717, 1.165) is 12.0 Å². The van der Waals surface area contributed by atoms with Gasteiger partial charge in [0.05, 0.1) is 14.2 Å². The molecule has 1 aliphatic rings. The number of methoxy groups -OCH3 is 2. The Kier molecular flexibility index (Phi) is 3.70. The minimum Gasteiger partial charge on any atom is -0.481 e. The first-order valence-corrected chi connectivity index (χ1v) is 6.12. The van der Waals surface area contributed by atoms with E-state index in [-0.39, 0.29) is 0 Å². The molecule has 0 aliphatic heterocycles. The Hall–Kier alpha value is -1.77. The van der Waals surface area contributed by atoms with Gasteiger partial charge in [0.25, 0.3) is 0 Å². The van der Waals surface area contributed by atoms with Gasteiger partial charge in [-0.05, 0) is 30.9 Å². The zero-order valence-corrected chi connectivity index (χ0v) is 11.4. The Balaban J connectivity index is 2.40. The highest BCUT2D eigenvalue weighted by Crippen LogP contribution is 2.35. The molecule has 18 heavy (non-hydrogen) atoms. The van der Waals surface area contributed by atoms with E-state index in [2.05, 4.69) is 31.0 Å². The molecule has 96 valence electrons. The summed E-state index contributed by atoms with van der Waals surface area (Å²) in [4.78, 5) is 4.32. The summed E-state index contributed by atoms with van der Waals surface area (Å²) >= 11 is 0. The molecule has 1 aliphatic carbocycles. The molecule has 1 aromatic heterocycles. The van der Waals surface area contributed by atoms with Crippen LogP contribution in [0.1, 0.15) is 25.8 Å². The van der Waals surface area contributed by atoms with Crippen molar-refractivity contribution in [2.24, 2.45) is 5.92 Å². The van der Waals surface area contributed by atoms with Crippen LogP contribution < -0.4 is 9.47 Å². The van der Waals surface area contributed by atoms with Crippen molar-refractivity contribution in [2.75, 3.05) is 14.2 Å². The molecule has 1 atom stereocenters. The molecular formula is C15H19NO2. The fourth-order valence-electron chi connectivity index (χ4n) is 2.09. The highest BCUT2D eigenvalue weighted by molar-refractivity contribution is 5.72. The summed E-state index contributed by atoms with van der Waals surface area (Å²) in [6, 6.07) is 3.88. The molecule has 0 spiro atoms. The lowest BCUT2D eigenvalue weighted by Crippen LogP contribution is -2.04. The van der Waals surface area contributed by atoms with Gasteiger partial charge in [0, 0.05) is 11.6 Å². The Morgan fingerprint density at radius 1 is 1.17 bits per heavy atom. The van der Waals surface area contributed by atoms with Gasteiger partial charge in [-0.15, -0.1) is 0 Å². The second kappa shape index (κ2) is 5.25. The molecule has 0 bridgehead atoms. The SMILES string of the molecule is COc1ccc(C2=CC=C(C)C(C)C2)c(OC)n1. The molecule has 0 saturated carbocycles. The second-order valence-electron chi connectivity index (χ2n) is 4.62. The maximum absolute atomic E-state index is 5.35. The minimum atomic E-state index is 0.566. The maximum Gasteiger partial charge on any atom is 0.224 e. The molecule has 2 rings (SSSR count). The predicted octanol–water partition coefficient (Wildman–Crippen LogP) is 3.47. The van der Waals surface area contributed by atoms with Crippen molar-refractivity contribution in [1.29, 1.82) is 0 Å². The number of hydrogen-bond acceptors (Lipinski definition) is 3. The Morgan fingerprint density at radius 3 is 2.56 bits per heavy atom. The van der Waals surface area contributed by atoms with Crippen LogP contribution in [0.4, 0.5) is 0 Å².